The summed E-state index contributed by atoms with van der Waals surface area (Å²) in [6, 6.07) is -2.14. The zero-order chi connectivity index (χ0) is 15.0. The number of carbonyl (C=O) groups excluding carboxylic acids is 3. The molecule has 8 nitrogen and oxygen atoms in total. The third kappa shape index (κ3) is 7.74. The van der Waals surface area contributed by atoms with E-state index in [1.807, 2.05) is 0 Å². The molecular weight excluding hydrogens is 256 g/mol. The van der Waals surface area contributed by atoms with Gasteiger partial charge in [0.25, 0.3) is 0 Å². The summed E-state index contributed by atoms with van der Waals surface area (Å²) in [5.41, 5.74) is 0. The standard InChI is InChI=1S/C11H18N2O6/c1-6(14)12-9(4-5-19-8(3)16)10(11(17)18)13-7(2)15/h9-10H,4-5H2,1-3H3,(H,12,14)(H,13,15)(H,17,18)/t9-,10+/m1/s1. The molecule has 0 saturated heterocycles. The average molecular weight is 274 g/mol. The van der Waals surface area contributed by atoms with Crippen molar-refractivity contribution < 1.29 is 29.0 Å². The van der Waals surface area contributed by atoms with Crippen LogP contribution in [-0.2, 0) is 23.9 Å². The van der Waals surface area contributed by atoms with Crippen molar-refractivity contribution in [1.82, 2.24) is 10.6 Å². The largest absolute Gasteiger partial charge is 0.480 e. The molecule has 0 bridgehead atoms. The predicted molar refractivity (Wildman–Crippen MR) is 64.1 cm³/mol. The van der Waals surface area contributed by atoms with E-state index >= 15 is 0 Å². The van der Waals surface area contributed by atoms with Crippen molar-refractivity contribution >= 4 is 23.8 Å². The van der Waals surface area contributed by atoms with Crippen LogP contribution in [0.5, 0.6) is 0 Å². The van der Waals surface area contributed by atoms with Gasteiger partial charge in [0.15, 0.2) is 0 Å². The number of rotatable bonds is 7. The van der Waals surface area contributed by atoms with Crippen molar-refractivity contribution in [2.75, 3.05) is 6.61 Å². The van der Waals surface area contributed by atoms with Crippen molar-refractivity contribution in [2.24, 2.45) is 0 Å². The molecule has 0 heterocycles. The molecule has 0 saturated carbocycles. The van der Waals surface area contributed by atoms with Gasteiger partial charge in [-0.1, -0.05) is 0 Å². The Bertz CT molecular complexity index is 368. The lowest BCUT2D eigenvalue weighted by Gasteiger charge is -2.24. The third-order valence-electron chi connectivity index (χ3n) is 2.15. The Morgan fingerprint density at radius 1 is 1.05 bits per heavy atom. The first kappa shape index (κ1) is 16.9. The maximum absolute atomic E-state index is 11.1. The number of hydrogen-bond donors (Lipinski definition) is 3. The van der Waals surface area contributed by atoms with E-state index in [-0.39, 0.29) is 13.0 Å². The fraction of sp³-hybridized carbons (Fsp3) is 0.636. The summed E-state index contributed by atoms with van der Waals surface area (Å²) in [6.45, 7) is 3.57. The van der Waals surface area contributed by atoms with Crippen LogP contribution in [0.4, 0.5) is 0 Å². The number of carbonyl (C=O) groups is 4. The number of aliphatic carboxylic acids is 1. The fourth-order valence-corrected chi connectivity index (χ4v) is 1.47. The van der Waals surface area contributed by atoms with Crippen molar-refractivity contribution in [3.63, 3.8) is 0 Å². The van der Waals surface area contributed by atoms with Crippen LogP contribution in [0.25, 0.3) is 0 Å². The van der Waals surface area contributed by atoms with Crippen molar-refractivity contribution in [1.29, 1.82) is 0 Å². The minimum Gasteiger partial charge on any atom is -0.480 e. The smallest absolute Gasteiger partial charge is 0.328 e. The summed E-state index contributed by atoms with van der Waals surface area (Å²) in [6.07, 6.45) is 0.0798. The molecule has 0 aromatic heterocycles. The number of nitrogens with one attached hydrogen (secondary N) is 2. The summed E-state index contributed by atoms with van der Waals surface area (Å²) in [5.74, 6) is -2.76. The van der Waals surface area contributed by atoms with E-state index in [9.17, 15) is 19.2 Å². The van der Waals surface area contributed by atoms with E-state index < -0.39 is 35.8 Å². The van der Waals surface area contributed by atoms with E-state index in [2.05, 4.69) is 10.6 Å². The van der Waals surface area contributed by atoms with E-state index in [0.717, 1.165) is 0 Å². The highest BCUT2D eigenvalue weighted by Crippen LogP contribution is 2.02. The quantitative estimate of drug-likeness (QED) is 0.514. The Morgan fingerprint density at radius 3 is 1.95 bits per heavy atom. The highest BCUT2D eigenvalue weighted by molar-refractivity contribution is 5.83. The molecule has 2 atom stereocenters. The Balaban J connectivity index is 4.74. The van der Waals surface area contributed by atoms with Gasteiger partial charge in [0, 0.05) is 27.2 Å². The maximum atomic E-state index is 11.1. The van der Waals surface area contributed by atoms with E-state index in [1.165, 1.54) is 20.8 Å². The lowest BCUT2D eigenvalue weighted by atomic mass is 10.0. The number of carboxylic acid groups (broad SMARTS) is 1. The topological polar surface area (TPSA) is 122 Å². The molecule has 0 aliphatic carbocycles. The minimum atomic E-state index is -1.28. The first-order valence-electron chi connectivity index (χ1n) is 5.64. The maximum Gasteiger partial charge on any atom is 0.328 e. The Kier molecular flexibility index (Phi) is 7.16. The molecule has 0 radical (unpaired) electrons. The minimum absolute atomic E-state index is 0.0519. The molecule has 2 amide bonds. The molecule has 108 valence electrons. The van der Waals surface area contributed by atoms with Gasteiger partial charge in [-0.25, -0.2) is 4.79 Å². The number of carboxylic acids is 1. The van der Waals surface area contributed by atoms with Gasteiger partial charge in [0.05, 0.1) is 12.6 Å². The van der Waals surface area contributed by atoms with E-state index in [0.29, 0.717) is 0 Å². The molecule has 19 heavy (non-hydrogen) atoms. The summed E-state index contributed by atoms with van der Waals surface area (Å²) >= 11 is 0. The molecular formula is C11H18N2O6. The van der Waals surface area contributed by atoms with Crippen LogP contribution in [-0.4, -0.2) is 47.6 Å². The van der Waals surface area contributed by atoms with Crippen molar-refractivity contribution in [3.05, 3.63) is 0 Å². The molecule has 3 N–H and O–H groups in total. The van der Waals surface area contributed by atoms with Crippen LogP contribution in [0.15, 0.2) is 0 Å². The molecule has 0 fully saturated rings. The van der Waals surface area contributed by atoms with Crippen LogP contribution in [0, 0.1) is 0 Å². The van der Waals surface area contributed by atoms with Crippen LogP contribution in [0.2, 0.25) is 0 Å². The van der Waals surface area contributed by atoms with Gasteiger partial charge in [0.2, 0.25) is 11.8 Å². The molecule has 0 rings (SSSR count). The zero-order valence-electron chi connectivity index (χ0n) is 11.1. The van der Waals surface area contributed by atoms with Crippen molar-refractivity contribution in [3.8, 4) is 0 Å². The Hall–Kier alpha value is -2.12. The summed E-state index contributed by atoms with van der Waals surface area (Å²) in [7, 11) is 0. The first-order chi connectivity index (χ1) is 8.73. The molecule has 8 heteroatoms. The number of hydrogen-bond acceptors (Lipinski definition) is 5. The molecule has 0 spiro atoms. The lowest BCUT2D eigenvalue weighted by Crippen LogP contribution is -2.55. The average Bonchev–Trinajstić information content (AvgIpc) is 2.22. The number of esters is 1. The summed E-state index contributed by atoms with van der Waals surface area (Å²) in [5, 5.41) is 13.7. The second-order valence-corrected chi connectivity index (χ2v) is 3.95. The molecule has 0 aliphatic rings. The second-order valence-electron chi connectivity index (χ2n) is 3.95. The van der Waals surface area contributed by atoms with Gasteiger partial charge in [-0.05, 0) is 0 Å². The monoisotopic (exact) mass is 274 g/mol. The highest BCUT2D eigenvalue weighted by atomic mass is 16.5. The molecule has 0 aliphatic heterocycles. The van der Waals surface area contributed by atoms with Gasteiger partial charge in [-0.2, -0.15) is 0 Å². The summed E-state index contributed by atoms with van der Waals surface area (Å²) in [4.78, 5) is 43.7. The Morgan fingerprint density at radius 2 is 1.58 bits per heavy atom. The summed E-state index contributed by atoms with van der Waals surface area (Å²) < 4.78 is 4.69. The van der Waals surface area contributed by atoms with Gasteiger partial charge in [0.1, 0.15) is 6.04 Å². The predicted octanol–water partition coefficient (Wildman–Crippen LogP) is -0.966. The van der Waals surface area contributed by atoms with Gasteiger partial charge in [-0.15, -0.1) is 0 Å². The van der Waals surface area contributed by atoms with Crippen molar-refractivity contribution in [2.45, 2.75) is 39.3 Å². The normalized spacial score (nSPS) is 13.0. The highest BCUT2D eigenvalue weighted by Gasteiger charge is 2.29. The van der Waals surface area contributed by atoms with Crippen LogP contribution in [0.1, 0.15) is 27.2 Å². The van der Waals surface area contributed by atoms with Gasteiger partial charge < -0.3 is 20.5 Å². The molecule has 0 aromatic carbocycles. The number of amides is 2. The molecule has 0 unspecified atom stereocenters. The van der Waals surface area contributed by atoms with Crippen LogP contribution >= 0.6 is 0 Å². The third-order valence-corrected chi connectivity index (χ3v) is 2.15. The van der Waals surface area contributed by atoms with Crippen LogP contribution < -0.4 is 10.6 Å². The van der Waals surface area contributed by atoms with Crippen LogP contribution in [0.3, 0.4) is 0 Å². The fourth-order valence-electron chi connectivity index (χ4n) is 1.47. The Labute approximate surface area is 110 Å². The number of ether oxygens (including phenoxy) is 1. The van der Waals surface area contributed by atoms with Gasteiger partial charge in [-0.3, -0.25) is 14.4 Å². The zero-order valence-corrected chi connectivity index (χ0v) is 11.1. The lowest BCUT2D eigenvalue weighted by molar-refractivity contribution is -0.143. The second kappa shape index (κ2) is 8.06. The van der Waals surface area contributed by atoms with E-state index in [1.54, 1.807) is 0 Å². The van der Waals surface area contributed by atoms with Gasteiger partial charge >= 0.3 is 11.9 Å². The SMILES string of the molecule is CC(=O)N[C@H](C(=O)O)[C@@H](CCOC(C)=O)NC(C)=O. The molecule has 0 aromatic rings. The first-order valence-corrected chi connectivity index (χ1v) is 5.64. The van der Waals surface area contributed by atoms with E-state index in [4.69, 9.17) is 9.84 Å².